The number of halogens is 1. The van der Waals surface area contributed by atoms with Crippen LogP contribution in [0, 0.1) is 6.92 Å². The summed E-state index contributed by atoms with van der Waals surface area (Å²) in [7, 11) is 4.00. The summed E-state index contributed by atoms with van der Waals surface area (Å²) in [6.45, 7) is 2.38. The van der Waals surface area contributed by atoms with Crippen molar-refractivity contribution in [1.29, 1.82) is 0 Å². The largest absolute Gasteiger partial charge is 0.349 e. The smallest absolute Gasteiger partial charge is 0.273 e. The Kier molecular flexibility index (Phi) is 5.14. The summed E-state index contributed by atoms with van der Waals surface area (Å²) in [5, 5.41) is 9.74. The van der Waals surface area contributed by atoms with E-state index in [4.69, 9.17) is 0 Å². The molecule has 2 rings (SSSR count). The van der Waals surface area contributed by atoms with Crippen molar-refractivity contribution in [3.63, 3.8) is 0 Å². The van der Waals surface area contributed by atoms with Crippen LogP contribution < -0.4 is 5.32 Å². The minimum absolute atomic E-state index is 0.119. The van der Waals surface area contributed by atoms with Gasteiger partial charge in [0.2, 0.25) is 0 Å². The van der Waals surface area contributed by atoms with Gasteiger partial charge in [0, 0.05) is 12.2 Å². The molecule has 1 atom stereocenters. The second kappa shape index (κ2) is 6.87. The Morgan fingerprint density at radius 3 is 2.57 bits per heavy atom. The van der Waals surface area contributed by atoms with Crippen LogP contribution in [0.5, 0.6) is 0 Å². The summed E-state index contributed by atoms with van der Waals surface area (Å²) < 4.78 is 0.709. The van der Waals surface area contributed by atoms with Crippen molar-refractivity contribution in [2.24, 2.45) is 0 Å². The third kappa shape index (κ3) is 3.71. The number of hydrogen-bond donors (Lipinski definition) is 2. The van der Waals surface area contributed by atoms with Crippen LogP contribution in [0.2, 0.25) is 0 Å². The Balaban J connectivity index is 2.06. The Bertz CT molecular complexity index is 609. The molecule has 2 N–H and O–H groups in total. The predicted octanol–water partition coefficient (Wildman–Crippen LogP) is 2.51. The highest BCUT2D eigenvalue weighted by molar-refractivity contribution is 9.10. The van der Waals surface area contributed by atoms with Crippen LogP contribution in [0.1, 0.15) is 27.8 Å². The number of hydrogen-bond acceptors (Lipinski definition) is 3. The van der Waals surface area contributed by atoms with Crippen molar-refractivity contribution in [3.8, 4) is 0 Å². The second-order valence-corrected chi connectivity index (χ2v) is 5.90. The number of carbonyl (C=O) groups is 1. The molecule has 1 aromatic carbocycles. The van der Waals surface area contributed by atoms with Crippen molar-refractivity contribution in [3.05, 3.63) is 51.8 Å². The maximum atomic E-state index is 12.2. The van der Waals surface area contributed by atoms with Crippen molar-refractivity contribution >= 4 is 21.8 Å². The molecule has 0 saturated heterocycles. The molecule has 0 bridgehead atoms. The molecule has 5 nitrogen and oxygen atoms in total. The lowest BCUT2D eigenvalue weighted by Crippen LogP contribution is -2.34. The molecule has 1 aromatic heterocycles. The van der Waals surface area contributed by atoms with Crippen molar-refractivity contribution in [2.45, 2.75) is 13.0 Å². The summed E-state index contributed by atoms with van der Waals surface area (Å²) in [6, 6.07) is 10.2. The number of nitrogens with one attached hydrogen (secondary N) is 2. The number of rotatable bonds is 5. The highest BCUT2D eigenvalue weighted by Crippen LogP contribution is 2.19. The quantitative estimate of drug-likeness (QED) is 0.870. The molecule has 0 aliphatic rings. The first-order valence-electron chi connectivity index (χ1n) is 6.70. The van der Waals surface area contributed by atoms with Crippen molar-refractivity contribution in [1.82, 2.24) is 20.4 Å². The molecule has 2 aromatic rings. The topological polar surface area (TPSA) is 61.0 Å². The van der Waals surface area contributed by atoms with E-state index in [9.17, 15) is 4.79 Å². The Morgan fingerprint density at radius 1 is 1.38 bits per heavy atom. The van der Waals surface area contributed by atoms with Gasteiger partial charge < -0.3 is 10.2 Å². The number of benzene rings is 1. The van der Waals surface area contributed by atoms with Crippen LogP contribution in [0.25, 0.3) is 0 Å². The van der Waals surface area contributed by atoms with E-state index in [0.29, 0.717) is 16.7 Å². The van der Waals surface area contributed by atoms with Crippen molar-refractivity contribution < 1.29 is 4.79 Å². The minimum atomic E-state index is -0.186. The molecule has 0 aliphatic heterocycles. The average Bonchev–Trinajstić information content (AvgIpc) is 2.80. The van der Waals surface area contributed by atoms with E-state index in [1.807, 2.05) is 39.2 Å². The number of aromatic amines is 1. The second-order valence-electron chi connectivity index (χ2n) is 5.11. The molecule has 112 valence electrons. The summed E-state index contributed by atoms with van der Waals surface area (Å²) in [5.41, 5.74) is 2.39. The van der Waals surface area contributed by atoms with Gasteiger partial charge in [-0.25, -0.2) is 0 Å². The van der Waals surface area contributed by atoms with Gasteiger partial charge in [0.15, 0.2) is 5.69 Å². The fraction of sp³-hybridized carbons (Fsp3) is 0.333. The summed E-state index contributed by atoms with van der Waals surface area (Å²) in [4.78, 5) is 14.3. The van der Waals surface area contributed by atoms with E-state index >= 15 is 0 Å². The maximum absolute atomic E-state index is 12.2. The van der Waals surface area contributed by atoms with Gasteiger partial charge in [-0.3, -0.25) is 9.89 Å². The number of nitrogens with zero attached hydrogens (tertiary/aromatic N) is 2. The standard InChI is InChI=1S/C15H19BrN4O/c1-10-13(16)14(19-18-10)15(21)17-9-12(20(2)3)11-7-5-4-6-8-11/h4-8,12H,9H2,1-3H3,(H,17,21)(H,18,19). The predicted molar refractivity (Wildman–Crippen MR) is 86.2 cm³/mol. The van der Waals surface area contributed by atoms with Crippen LogP contribution in [0.3, 0.4) is 0 Å². The molecule has 0 radical (unpaired) electrons. The van der Waals surface area contributed by atoms with Crippen LogP contribution in [0.15, 0.2) is 34.8 Å². The van der Waals surface area contributed by atoms with Gasteiger partial charge in [0.1, 0.15) is 0 Å². The van der Waals surface area contributed by atoms with Gasteiger partial charge in [-0.2, -0.15) is 5.10 Å². The van der Waals surface area contributed by atoms with Gasteiger partial charge in [0.05, 0.1) is 10.5 Å². The molecule has 0 spiro atoms. The number of aryl methyl sites for hydroxylation is 1. The van der Waals surface area contributed by atoms with Gasteiger partial charge in [-0.05, 0) is 42.5 Å². The van der Waals surface area contributed by atoms with Gasteiger partial charge in [-0.15, -0.1) is 0 Å². The van der Waals surface area contributed by atoms with Crippen LogP contribution in [-0.4, -0.2) is 41.6 Å². The Hall–Kier alpha value is -1.66. The normalized spacial score (nSPS) is 12.4. The molecule has 1 heterocycles. The number of amides is 1. The van der Waals surface area contributed by atoms with Crippen LogP contribution in [0.4, 0.5) is 0 Å². The zero-order valence-corrected chi connectivity index (χ0v) is 13.9. The maximum Gasteiger partial charge on any atom is 0.273 e. The van der Waals surface area contributed by atoms with E-state index < -0.39 is 0 Å². The SMILES string of the molecule is Cc1[nH]nc(C(=O)NCC(c2ccccc2)N(C)C)c1Br. The Labute approximate surface area is 132 Å². The summed E-state index contributed by atoms with van der Waals surface area (Å²) >= 11 is 3.37. The van der Waals surface area contributed by atoms with E-state index in [0.717, 1.165) is 5.69 Å². The van der Waals surface area contributed by atoms with E-state index in [-0.39, 0.29) is 11.9 Å². The van der Waals surface area contributed by atoms with Crippen LogP contribution >= 0.6 is 15.9 Å². The van der Waals surface area contributed by atoms with Gasteiger partial charge in [-0.1, -0.05) is 30.3 Å². The number of aromatic nitrogens is 2. The summed E-state index contributed by atoms with van der Waals surface area (Å²) in [6.07, 6.45) is 0. The van der Waals surface area contributed by atoms with Gasteiger partial charge in [0.25, 0.3) is 5.91 Å². The first kappa shape index (κ1) is 15.7. The first-order valence-corrected chi connectivity index (χ1v) is 7.50. The first-order chi connectivity index (χ1) is 10.0. The fourth-order valence-electron chi connectivity index (χ4n) is 2.11. The lowest BCUT2D eigenvalue weighted by molar-refractivity contribution is 0.0936. The molecule has 6 heteroatoms. The van der Waals surface area contributed by atoms with E-state index in [1.165, 1.54) is 5.56 Å². The lowest BCUT2D eigenvalue weighted by atomic mass is 10.1. The zero-order valence-electron chi connectivity index (χ0n) is 12.4. The van der Waals surface area contributed by atoms with E-state index in [1.54, 1.807) is 0 Å². The zero-order chi connectivity index (χ0) is 15.4. The third-order valence-electron chi connectivity index (χ3n) is 3.35. The highest BCUT2D eigenvalue weighted by Gasteiger charge is 2.19. The van der Waals surface area contributed by atoms with Crippen molar-refractivity contribution in [2.75, 3.05) is 20.6 Å². The molecule has 21 heavy (non-hydrogen) atoms. The molecule has 0 aliphatic carbocycles. The average molecular weight is 351 g/mol. The number of likely N-dealkylation sites (N-methyl/N-ethyl adjacent to an activating group) is 1. The third-order valence-corrected chi connectivity index (χ3v) is 4.32. The highest BCUT2D eigenvalue weighted by atomic mass is 79.9. The lowest BCUT2D eigenvalue weighted by Gasteiger charge is -2.25. The molecule has 1 unspecified atom stereocenters. The fourth-order valence-corrected chi connectivity index (χ4v) is 2.47. The number of H-pyrrole nitrogens is 1. The monoisotopic (exact) mass is 350 g/mol. The summed E-state index contributed by atoms with van der Waals surface area (Å²) in [5.74, 6) is -0.186. The Morgan fingerprint density at radius 2 is 2.05 bits per heavy atom. The molecular weight excluding hydrogens is 332 g/mol. The molecule has 0 fully saturated rings. The molecule has 0 saturated carbocycles. The van der Waals surface area contributed by atoms with E-state index in [2.05, 4.69) is 48.5 Å². The number of carbonyl (C=O) groups excluding carboxylic acids is 1. The van der Waals surface area contributed by atoms with Crippen LogP contribution in [-0.2, 0) is 0 Å². The minimum Gasteiger partial charge on any atom is -0.349 e. The van der Waals surface area contributed by atoms with Gasteiger partial charge >= 0.3 is 0 Å². The molecule has 1 amide bonds. The molecular formula is C15H19BrN4O.